The van der Waals surface area contributed by atoms with Crippen molar-refractivity contribution in [1.29, 1.82) is 0 Å². The van der Waals surface area contributed by atoms with Gasteiger partial charge in [0.15, 0.2) is 6.29 Å². The molecule has 6 rings (SSSR count). The van der Waals surface area contributed by atoms with Crippen LogP contribution < -0.4 is 15.4 Å². The van der Waals surface area contributed by atoms with E-state index in [4.69, 9.17) is 14.2 Å². The monoisotopic (exact) mass is 635 g/mol. The van der Waals surface area contributed by atoms with Gasteiger partial charge in [-0.15, -0.1) is 0 Å². The molecule has 4 aromatic carbocycles. The third kappa shape index (κ3) is 8.99. The highest BCUT2D eigenvalue weighted by molar-refractivity contribution is 5.99. The number of hydrogen-bond donors (Lipinski definition) is 3. The number of hydrogen-bond acceptors (Lipinski definition) is 6. The van der Waals surface area contributed by atoms with Crippen molar-refractivity contribution in [3.05, 3.63) is 120 Å². The Kier molecular flexibility index (Phi) is 11.2. The zero-order valence-electron chi connectivity index (χ0n) is 27.0. The van der Waals surface area contributed by atoms with Gasteiger partial charge in [-0.3, -0.25) is 0 Å². The lowest BCUT2D eigenvalue weighted by Gasteiger charge is -2.43. The Morgan fingerprint density at radius 1 is 0.766 bits per heavy atom. The number of nitrogens with zero attached hydrogens (tertiary/aromatic N) is 1. The van der Waals surface area contributed by atoms with Crippen molar-refractivity contribution < 1.29 is 24.1 Å². The molecule has 8 heteroatoms. The molecule has 0 aliphatic carbocycles. The quantitative estimate of drug-likeness (QED) is 0.170. The number of urea groups is 1. The summed E-state index contributed by atoms with van der Waals surface area (Å²) in [6.07, 6.45) is 5.50. The van der Waals surface area contributed by atoms with Crippen molar-refractivity contribution in [2.75, 3.05) is 30.3 Å². The number of rotatable bonds is 9. The number of likely N-dealkylation sites (tertiary alicyclic amines) is 1. The van der Waals surface area contributed by atoms with Gasteiger partial charge in [-0.05, 0) is 85.6 Å². The van der Waals surface area contributed by atoms with Crippen LogP contribution in [0.5, 0.6) is 11.5 Å². The number of ether oxygens (including phenoxy) is 3. The molecule has 0 saturated carbocycles. The Morgan fingerprint density at radius 3 is 2.17 bits per heavy atom. The second-order valence-electron chi connectivity index (χ2n) is 12.5. The summed E-state index contributed by atoms with van der Waals surface area (Å²) in [7, 11) is 0. The largest absolute Gasteiger partial charge is 0.457 e. The van der Waals surface area contributed by atoms with Gasteiger partial charge in [0.25, 0.3) is 0 Å². The van der Waals surface area contributed by atoms with Crippen LogP contribution in [-0.2, 0) is 16.1 Å². The smallest absolute Gasteiger partial charge is 0.323 e. The summed E-state index contributed by atoms with van der Waals surface area (Å²) < 4.78 is 19.2. The van der Waals surface area contributed by atoms with Crippen LogP contribution in [-0.4, -0.2) is 41.8 Å². The van der Waals surface area contributed by atoms with E-state index in [9.17, 15) is 9.90 Å². The number of aliphatic hydroxyl groups is 1. The number of para-hydroxylation sites is 1. The van der Waals surface area contributed by atoms with Crippen molar-refractivity contribution in [1.82, 2.24) is 4.90 Å². The number of carbonyl (C=O) groups is 1. The summed E-state index contributed by atoms with van der Waals surface area (Å²) in [5, 5.41) is 15.4. The minimum absolute atomic E-state index is 0.00598. The summed E-state index contributed by atoms with van der Waals surface area (Å²) in [5.41, 5.74) is 4.06. The molecule has 2 heterocycles. The fraction of sp³-hybridized carbons (Fsp3) is 0.359. The van der Waals surface area contributed by atoms with E-state index in [1.54, 1.807) is 12.1 Å². The number of anilines is 2. The summed E-state index contributed by atoms with van der Waals surface area (Å²) in [6.45, 7) is 5.24. The van der Waals surface area contributed by atoms with Crippen molar-refractivity contribution in [3.63, 3.8) is 0 Å². The van der Waals surface area contributed by atoms with Crippen LogP contribution in [0, 0.1) is 5.92 Å². The molecule has 2 aliphatic rings. The summed E-state index contributed by atoms with van der Waals surface area (Å²) in [5.74, 6) is 1.55. The van der Waals surface area contributed by atoms with E-state index in [0.29, 0.717) is 17.1 Å². The number of benzene rings is 4. The molecule has 246 valence electrons. The zero-order valence-corrected chi connectivity index (χ0v) is 27.0. The van der Waals surface area contributed by atoms with E-state index in [1.807, 2.05) is 91.0 Å². The van der Waals surface area contributed by atoms with Crippen LogP contribution >= 0.6 is 0 Å². The second-order valence-corrected chi connectivity index (χ2v) is 12.5. The first-order valence-electron chi connectivity index (χ1n) is 16.8. The van der Waals surface area contributed by atoms with E-state index in [2.05, 4.69) is 22.5 Å². The van der Waals surface area contributed by atoms with Gasteiger partial charge >= 0.3 is 6.03 Å². The summed E-state index contributed by atoms with van der Waals surface area (Å²) >= 11 is 0. The van der Waals surface area contributed by atoms with Crippen LogP contribution in [0.15, 0.2) is 103 Å². The van der Waals surface area contributed by atoms with Crippen LogP contribution in [0.25, 0.3) is 0 Å². The second kappa shape index (κ2) is 16.1. The predicted octanol–water partition coefficient (Wildman–Crippen LogP) is 8.67. The maximum atomic E-state index is 13.0. The lowest BCUT2D eigenvalue weighted by molar-refractivity contribution is -0.276. The molecule has 2 saturated heterocycles. The van der Waals surface area contributed by atoms with Gasteiger partial charge in [-0.1, -0.05) is 80.8 Å². The Bertz CT molecular complexity index is 1560. The minimum atomic E-state index is -0.601. The number of aliphatic hydroxyl groups excluding tert-OH is 1. The molecule has 0 radical (unpaired) electrons. The summed E-state index contributed by atoms with van der Waals surface area (Å²) in [6, 6.07) is 32.1. The fourth-order valence-corrected chi connectivity index (χ4v) is 6.37. The van der Waals surface area contributed by atoms with Gasteiger partial charge < -0.3 is 34.9 Å². The highest BCUT2D eigenvalue weighted by atomic mass is 16.7. The number of carbonyl (C=O) groups excluding carboxylic acids is 1. The van der Waals surface area contributed by atoms with Gasteiger partial charge in [0.2, 0.25) is 0 Å². The van der Waals surface area contributed by atoms with Gasteiger partial charge in [0.05, 0.1) is 18.8 Å². The normalized spacial score (nSPS) is 22.1. The van der Waals surface area contributed by atoms with Crippen molar-refractivity contribution >= 4 is 17.4 Å². The lowest BCUT2D eigenvalue weighted by Crippen LogP contribution is -2.45. The Balaban J connectivity index is 1.14. The molecule has 0 aromatic heterocycles. The minimum Gasteiger partial charge on any atom is -0.457 e. The van der Waals surface area contributed by atoms with Crippen LogP contribution in [0.4, 0.5) is 16.2 Å². The van der Waals surface area contributed by atoms with Gasteiger partial charge in [0.1, 0.15) is 11.5 Å². The fourth-order valence-electron chi connectivity index (χ4n) is 6.37. The molecule has 0 spiro atoms. The first kappa shape index (κ1) is 32.7. The molecule has 4 aromatic rings. The van der Waals surface area contributed by atoms with Gasteiger partial charge in [-0.25, -0.2) is 4.79 Å². The topological polar surface area (TPSA) is 92.3 Å². The number of nitrogens with one attached hydrogen (secondary N) is 2. The molecular weight excluding hydrogens is 590 g/mol. The van der Waals surface area contributed by atoms with Crippen LogP contribution in [0.3, 0.4) is 0 Å². The average Bonchev–Trinajstić information content (AvgIpc) is 3.08. The van der Waals surface area contributed by atoms with Gasteiger partial charge in [0, 0.05) is 29.4 Å². The van der Waals surface area contributed by atoms with E-state index in [0.717, 1.165) is 42.1 Å². The number of amides is 2. The van der Waals surface area contributed by atoms with E-state index in [1.165, 1.54) is 32.1 Å². The van der Waals surface area contributed by atoms with Crippen molar-refractivity contribution in [2.24, 2.45) is 5.92 Å². The molecule has 4 unspecified atom stereocenters. The highest BCUT2D eigenvalue weighted by Crippen LogP contribution is 2.42. The highest BCUT2D eigenvalue weighted by Gasteiger charge is 2.39. The Labute approximate surface area is 277 Å². The zero-order chi connectivity index (χ0) is 32.4. The Morgan fingerprint density at radius 2 is 1.45 bits per heavy atom. The average molecular weight is 636 g/mol. The Hall–Kier alpha value is -4.21. The first-order chi connectivity index (χ1) is 23.0. The standard InChI is InChI=1S/C39H45N3O5/c1-28-36(26-42-23-8-3-2-4-9-24-42)46-38(47-37(28)30-17-15-29(27-43)16-18-30)31-11-10-12-33(25-31)41-39(44)40-32-19-21-35(22-20-32)45-34-13-6-5-7-14-34/h5-7,10-22,25,28,36-38,43H,2-4,8-9,23-24,26-27H2,1H3,(H2,40,41,44). The maximum Gasteiger partial charge on any atom is 0.323 e. The van der Waals surface area contributed by atoms with Crippen molar-refractivity contribution in [3.8, 4) is 11.5 Å². The molecule has 2 fully saturated rings. The molecule has 8 nitrogen and oxygen atoms in total. The molecule has 4 atom stereocenters. The molecule has 0 bridgehead atoms. The molecule has 3 N–H and O–H groups in total. The molecule has 2 aliphatic heterocycles. The third-order valence-electron chi connectivity index (χ3n) is 9.02. The SMILES string of the molecule is CC1C(CN2CCCCCCC2)OC(c2cccc(NC(=O)Nc3ccc(Oc4ccccc4)cc3)c2)OC1c1ccc(CO)cc1. The third-order valence-corrected chi connectivity index (χ3v) is 9.02. The van der Waals surface area contributed by atoms with Gasteiger partial charge in [-0.2, -0.15) is 0 Å². The first-order valence-corrected chi connectivity index (χ1v) is 16.8. The molecular formula is C39H45N3O5. The predicted molar refractivity (Wildman–Crippen MR) is 185 cm³/mol. The summed E-state index contributed by atoms with van der Waals surface area (Å²) in [4.78, 5) is 15.5. The van der Waals surface area contributed by atoms with E-state index < -0.39 is 6.29 Å². The maximum absolute atomic E-state index is 13.0. The lowest BCUT2D eigenvalue weighted by atomic mass is 9.89. The van der Waals surface area contributed by atoms with Crippen molar-refractivity contribution in [2.45, 2.75) is 64.1 Å². The van der Waals surface area contributed by atoms with E-state index >= 15 is 0 Å². The van der Waals surface area contributed by atoms with E-state index in [-0.39, 0.29) is 30.8 Å². The van der Waals surface area contributed by atoms with Crippen LogP contribution in [0.2, 0.25) is 0 Å². The van der Waals surface area contributed by atoms with Crippen LogP contribution in [0.1, 0.15) is 68.1 Å². The molecule has 2 amide bonds. The molecule has 47 heavy (non-hydrogen) atoms.